The molecule has 0 bridgehead atoms. The van der Waals surface area contributed by atoms with Gasteiger partial charge in [-0.25, -0.2) is 9.37 Å². The fraction of sp³-hybridized carbons (Fsp3) is 0.133. The molecule has 96 valence electrons. The zero-order valence-corrected chi connectivity index (χ0v) is 10.6. The van der Waals surface area contributed by atoms with E-state index in [-0.39, 0.29) is 5.82 Å². The third kappa shape index (κ3) is 2.00. The van der Waals surface area contributed by atoms with Gasteiger partial charge in [0.1, 0.15) is 11.5 Å². The number of aromatic nitrogens is 2. The van der Waals surface area contributed by atoms with E-state index in [2.05, 4.69) is 4.98 Å². The molecule has 0 saturated heterocycles. The predicted molar refractivity (Wildman–Crippen MR) is 73.2 cm³/mol. The molecular weight excluding hydrogens is 241 g/mol. The third-order valence-corrected chi connectivity index (χ3v) is 3.20. The van der Waals surface area contributed by atoms with Crippen LogP contribution in [-0.2, 0) is 6.54 Å². The Bertz CT molecular complexity index is 746. The zero-order valence-electron chi connectivity index (χ0n) is 10.6. The number of rotatable bonds is 2. The summed E-state index contributed by atoms with van der Waals surface area (Å²) in [5.74, 6) is -0.245. The van der Waals surface area contributed by atoms with Crippen molar-refractivity contribution in [2.75, 3.05) is 0 Å². The van der Waals surface area contributed by atoms with Crippen molar-refractivity contribution < 1.29 is 4.39 Å². The molecule has 0 saturated carbocycles. The number of nitrogens with zero attached hydrogens (tertiary/aromatic N) is 2. The van der Waals surface area contributed by atoms with E-state index in [4.69, 9.17) is 5.73 Å². The van der Waals surface area contributed by atoms with Crippen molar-refractivity contribution >= 4 is 5.65 Å². The van der Waals surface area contributed by atoms with Gasteiger partial charge in [-0.3, -0.25) is 4.40 Å². The highest BCUT2D eigenvalue weighted by Gasteiger charge is 2.11. The van der Waals surface area contributed by atoms with Gasteiger partial charge in [-0.2, -0.15) is 0 Å². The van der Waals surface area contributed by atoms with E-state index >= 15 is 0 Å². The molecule has 0 amide bonds. The van der Waals surface area contributed by atoms with Crippen molar-refractivity contribution in [3.63, 3.8) is 0 Å². The lowest BCUT2D eigenvalue weighted by molar-refractivity contribution is 0.628. The van der Waals surface area contributed by atoms with E-state index < -0.39 is 0 Å². The number of hydrogen-bond acceptors (Lipinski definition) is 2. The molecule has 2 aromatic heterocycles. The van der Waals surface area contributed by atoms with E-state index in [1.54, 1.807) is 6.07 Å². The first-order valence-corrected chi connectivity index (χ1v) is 6.12. The van der Waals surface area contributed by atoms with Crippen molar-refractivity contribution in [1.29, 1.82) is 0 Å². The molecule has 0 unspecified atom stereocenters. The molecular formula is C15H14FN3. The molecule has 3 nitrogen and oxygen atoms in total. The van der Waals surface area contributed by atoms with Crippen LogP contribution in [-0.4, -0.2) is 9.38 Å². The Labute approximate surface area is 110 Å². The molecule has 3 rings (SSSR count). The molecule has 0 aliphatic carbocycles. The SMILES string of the molecule is Cc1nc2cc(CN)ccn2c1-c1cccc(F)c1. The number of benzene rings is 1. The van der Waals surface area contributed by atoms with Crippen molar-refractivity contribution in [3.8, 4) is 11.3 Å². The number of imidazole rings is 1. The van der Waals surface area contributed by atoms with Crippen LogP contribution in [0.1, 0.15) is 11.3 Å². The van der Waals surface area contributed by atoms with Gasteiger partial charge in [0.2, 0.25) is 0 Å². The van der Waals surface area contributed by atoms with E-state index in [0.717, 1.165) is 28.2 Å². The Morgan fingerprint density at radius 3 is 2.84 bits per heavy atom. The number of aryl methyl sites for hydroxylation is 1. The monoisotopic (exact) mass is 255 g/mol. The van der Waals surface area contributed by atoms with Gasteiger partial charge >= 0.3 is 0 Å². The van der Waals surface area contributed by atoms with Gasteiger partial charge in [0.15, 0.2) is 0 Å². The maximum Gasteiger partial charge on any atom is 0.137 e. The first-order valence-electron chi connectivity index (χ1n) is 6.12. The van der Waals surface area contributed by atoms with Crippen LogP contribution in [0.4, 0.5) is 4.39 Å². The van der Waals surface area contributed by atoms with E-state index in [1.807, 2.05) is 35.7 Å². The third-order valence-electron chi connectivity index (χ3n) is 3.20. The van der Waals surface area contributed by atoms with Gasteiger partial charge in [-0.1, -0.05) is 12.1 Å². The minimum absolute atomic E-state index is 0.245. The summed E-state index contributed by atoms with van der Waals surface area (Å²) in [6.45, 7) is 2.41. The standard InChI is InChI=1S/C15H14FN3/c1-10-15(12-3-2-4-13(16)8-12)19-6-5-11(9-17)7-14(19)18-10/h2-8H,9,17H2,1H3. The lowest BCUT2D eigenvalue weighted by Gasteiger charge is -2.04. The Balaban J connectivity index is 2.26. The molecule has 1 aromatic carbocycles. The topological polar surface area (TPSA) is 43.3 Å². The smallest absolute Gasteiger partial charge is 0.137 e. The summed E-state index contributed by atoms with van der Waals surface area (Å²) in [6, 6.07) is 10.5. The number of pyridine rings is 1. The van der Waals surface area contributed by atoms with Crippen molar-refractivity contribution in [1.82, 2.24) is 9.38 Å². The van der Waals surface area contributed by atoms with Crippen LogP contribution in [0.3, 0.4) is 0 Å². The van der Waals surface area contributed by atoms with Gasteiger partial charge in [0.25, 0.3) is 0 Å². The zero-order chi connectivity index (χ0) is 13.4. The van der Waals surface area contributed by atoms with Crippen LogP contribution in [0.5, 0.6) is 0 Å². The van der Waals surface area contributed by atoms with Crippen LogP contribution < -0.4 is 5.73 Å². The summed E-state index contributed by atoms with van der Waals surface area (Å²) in [4.78, 5) is 4.51. The lowest BCUT2D eigenvalue weighted by Crippen LogP contribution is -1.97. The summed E-state index contributed by atoms with van der Waals surface area (Å²) in [5, 5.41) is 0. The summed E-state index contributed by atoms with van der Waals surface area (Å²) >= 11 is 0. The van der Waals surface area contributed by atoms with Gasteiger partial charge in [-0.15, -0.1) is 0 Å². The second kappa shape index (κ2) is 4.48. The normalized spacial score (nSPS) is 11.1. The van der Waals surface area contributed by atoms with E-state index in [1.165, 1.54) is 12.1 Å². The summed E-state index contributed by atoms with van der Waals surface area (Å²) < 4.78 is 15.3. The van der Waals surface area contributed by atoms with Crippen LogP contribution >= 0.6 is 0 Å². The van der Waals surface area contributed by atoms with Crippen LogP contribution in [0.15, 0.2) is 42.6 Å². The highest BCUT2D eigenvalue weighted by atomic mass is 19.1. The first-order chi connectivity index (χ1) is 9.19. The Morgan fingerprint density at radius 2 is 2.11 bits per heavy atom. The minimum Gasteiger partial charge on any atom is -0.326 e. The molecule has 2 N–H and O–H groups in total. The van der Waals surface area contributed by atoms with Gasteiger partial charge in [0.05, 0.1) is 11.4 Å². The lowest BCUT2D eigenvalue weighted by atomic mass is 10.1. The Kier molecular flexibility index (Phi) is 2.80. The molecule has 2 heterocycles. The van der Waals surface area contributed by atoms with Crippen molar-refractivity contribution in [2.45, 2.75) is 13.5 Å². The average Bonchev–Trinajstić information content (AvgIpc) is 2.73. The molecule has 3 aromatic rings. The second-order valence-electron chi connectivity index (χ2n) is 4.52. The fourth-order valence-corrected chi connectivity index (χ4v) is 2.32. The van der Waals surface area contributed by atoms with Crippen LogP contribution in [0, 0.1) is 12.7 Å². The quantitative estimate of drug-likeness (QED) is 0.765. The summed E-state index contributed by atoms with van der Waals surface area (Å²) in [6.07, 6.45) is 1.93. The Morgan fingerprint density at radius 1 is 1.26 bits per heavy atom. The molecule has 4 heteroatoms. The highest BCUT2D eigenvalue weighted by Crippen LogP contribution is 2.25. The van der Waals surface area contributed by atoms with E-state index in [9.17, 15) is 4.39 Å². The maximum absolute atomic E-state index is 13.4. The van der Waals surface area contributed by atoms with Crippen LogP contribution in [0.25, 0.3) is 16.9 Å². The summed E-state index contributed by atoms with van der Waals surface area (Å²) in [5.41, 5.74) is 10.1. The molecule has 0 radical (unpaired) electrons. The molecule has 0 aliphatic heterocycles. The maximum atomic E-state index is 13.4. The van der Waals surface area contributed by atoms with Gasteiger partial charge < -0.3 is 5.73 Å². The number of nitrogens with two attached hydrogens (primary N) is 1. The number of halogens is 1. The average molecular weight is 255 g/mol. The Hall–Kier alpha value is -2.20. The van der Waals surface area contributed by atoms with Gasteiger partial charge in [0, 0.05) is 18.3 Å². The molecule has 0 fully saturated rings. The molecule has 19 heavy (non-hydrogen) atoms. The molecule has 0 atom stereocenters. The summed E-state index contributed by atoms with van der Waals surface area (Å²) in [7, 11) is 0. The van der Waals surface area contributed by atoms with E-state index in [0.29, 0.717) is 6.54 Å². The number of fused-ring (bicyclic) bond motifs is 1. The number of hydrogen-bond donors (Lipinski definition) is 1. The molecule has 0 aliphatic rings. The largest absolute Gasteiger partial charge is 0.326 e. The minimum atomic E-state index is -0.245. The van der Waals surface area contributed by atoms with Gasteiger partial charge in [-0.05, 0) is 36.8 Å². The van der Waals surface area contributed by atoms with Crippen molar-refractivity contribution in [2.24, 2.45) is 5.73 Å². The highest BCUT2D eigenvalue weighted by molar-refractivity contribution is 5.67. The first kappa shape index (κ1) is 11.9. The van der Waals surface area contributed by atoms with Crippen molar-refractivity contribution in [3.05, 3.63) is 59.7 Å². The fourth-order valence-electron chi connectivity index (χ4n) is 2.32. The predicted octanol–water partition coefficient (Wildman–Crippen LogP) is 2.91. The second-order valence-corrected chi connectivity index (χ2v) is 4.52. The van der Waals surface area contributed by atoms with Crippen LogP contribution in [0.2, 0.25) is 0 Å². The molecule has 0 spiro atoms.